The highest BCUT2D eigenvalue weighted by atomic mass is 79.9. The van der Waals surface area contributed by atoms with Crippen molar-refractivity contribution in [2.75, 3.05) is 19.0 Å². The van der Waals surface area contributed by atoms with Gasteiger partial charge in [-0.25, -0.2) is 0 Å². The van der Waals surface area contributed by atoms with Gasteiger partial charge in [0.1, 0.15) is 0 Å². The third-order valence-corrected chi connectivity index (χ3v) is 3.19. The number of rotatable bonds is 6. The van der Waals surface area contributed by atoms with E-state index in [1.807, 2.05) is 38.1 Å². The number of thiol groups is 1. The largest absolute Gasteiger partial charge is 0.345 e. The van der Waals surface area contributed by atoms with Gasteiger partial charge in [-0.05, 0) is 26.0 Å². The van der Waals surface area contributed by atoms with Crippen LogP contribution in [-0.4, -0.2) is 19.0 Å². The Balaban J connectivity index is 3.02. The summed E-state index contributed by atoms with van der Waals surface area (Å²) in [5, 5.41) is 0. The maximum Gasteiger partial charge on any atom is 0.203 e. The molecular weight excluding hydrogens is 288 g/mol. The first kappa shape index (κ1) is 14.0. The van der Waals surface area contributed by atoms with E-state index in [9.17, 15) is 0 Å². The average molecular weight is 305 g/mol. The predicted octanol–water partition coefficient (Wildman–Crippen LogP) is 3.60. The van der Waals surface area contributed by atoms with Gasteiger partial charge in [0.15, 0.2) is 0 Å². The maximum absolute atomic E-state index is 5.73. The molecule has 0 heterocycles. The zero-order chi connectivity index (χ0) is 12.0. The summed E-state index contributed by atoms with van der Waals surface area (Å²) >= 11 is 7.76. The van der Waals surface area contributed by atoms with Crippen LogP contribution in [0.3, 0.4) is 0 Å². The topological polar surface area (TPSA) is 18.5 Å². The summed E-state index contributed by atoms with van der Waals surface area (Å²) < 4.78 is 12.5. The zero-order valence-electron chi connectivity index (χ0n) is 9.57. The lowest BCUT2D eigenvalue weighted by molar-refractivity contribution is -0.225. The Labute approximate surface area is 111 Å². The van der Waals surface area contributed by atoms with Gasteiger partial charge in [-0.1, -0.05) is 28.1 Å². The molecule has 0 saturated heterocycles. The molecule has 1 rings (SSSR count). The molecule has 90 valence electrons. The molecule has 0 unspecified atom stereocenters. The molecule has 0 amide bonds. The minimum Gasteiger partial charge on any atom is -0.345 e. The Morgan fingerprint density at radius 1 is 1.12 bits per heavy atom. The van der Waals surface area contributed by atoms with E-state index < -0.39 is 5.79 Å². The standard InChI is InChI=1S/C12H17BrO2S/c1-3-14-12(9-16,15-4-2)10-5-7-11(13)8-6-10/h5-8,16H,3-4,9H2,1-2H3. The first-order chi connectivity index (χ1) is 7.68. The zero-order valence-corrected chi connectivity index (χ0v) is 12.1. The summed E-state index contributed by atoms with van der Waals surface area (Å²) in [5.74, 6) is -0.233. The lowest BCUT2D eigenvalue weighted by Gasteiger charge is -2.32. The Morgan fingerprint density at radius 3 is 2.00 bits per heavy atom. The lowest BCUT2D eigenvalue weighted by atomic mass is 10.1. The number of hydrogen-bond acceptors (Lipinski definition) is 3. The van der Waals surface area contributed by atoms with Gasteiger partial charge >= 0.3 is 0 Å². The van der Waals surface area contributed by atoms with Gasteiger partial charge in [-0.2, -0.15) is 12.6 Å². The van der Waals surface area contributed by atoms with Crippen LogP contribution < -0.4 is 0 Å². The van der Waals surface area contributed by atoms with Crippen LogP contribution >= 0.6 is 28.6 Å². The highest BCUT2D eigenvalue weighted by Crippen LogP contribution is 2.29. The van der Waals surface area contributed by atoms with Crippen molar-refractivity contribution in [3.05, 3.63) is 34.3 Å². The summed E-state index contributed by atoms with van der Waals surface area (Å²) in [5.41, 5.74) is 0.995. The second kappa shape index (κ2) is 6.64. The summed E-state index contributed by atoms with van der Waals surface area (Å²) in [4.78, 5) is 0. The molecule has 0 spiro atoms. The van der Waals surface area contributed by atoms with E-state index >= 15 is 0 Å². The maximum atomic E-state index is 5.73. The first-order valence-electron chi connectivity index (χ1n) is 5.33. The number of halogens is 1. The summed E-state index contributed by atoms with van der Waals surface area (Å²) in [6.45, 7) is 5.10. The van der Waals surface area contributed by atoms with Crippen LogP contribution in [0.5, 0.6) is 0 Å². The number of hydrogen-bond donors (Lipinski definition) is 1. The predicted molar refractivity (Wildman–Crippen MR) is 72.9 cm³/mol. The van der Waals surface area contributed by atoms with Crippen LogP contribution in [0.2, 0.25) is 0 Å². The molecule has 0 fully saturated rings. The number of benzene rings is 1. The molecule has 1 aromatic rings. The monoisotopic (exact) mass is 304 g/mol. The molecule has 0 aliphatic carbocycles. The smallest absolute Gasteiger partial charge is 0.203 e. The average Bonchev–Trinajstić information content (AvgIpc) is 2.29. The summed E-state index contributed by atoms with van der Waals surface area (Å²) in [7, 11) is 0. The summed E-state index contributed by atoms with van der Waals surface area (Å²) in [6.07, 6.45) is 0. The van der Waals surface area contributed by atoms with Gasteiger partial charge in [-0.3, -0.25) is 0 Å². The minimum absolute atomic E-state index is 0.496. The van der Waals surface area contributed by atoms with E-state index in [1.165, 1.54) is 0 Å². The van der Waals surface area contributed by atoms with Crippen LogP contribution in [0.4, 0.5) is 0 Å². The molecule has 0 saturated carbocycles. The van der Waals surface area contributed by atoms with Gasteiger partial charge < -0.3 is 9.47 Å². The van der Waals surface area contributed by atoms with Gasteiger partial charge in [0.25, 0.3) is 0 Å². The van der Waals surface area contributed by atoms with Crippen molar-refractivity contribution >= 4 is 28.6 Å². The van der Waals surface area contributed by atoms with Crippen molar-refractivity contribution in [2.45, 2.75) is 19.6 Å². The molecule has 0 N–H and O–H groups in total. The van der Waals surface area contributed by atoms with Crippen LogP contribution in [-0.2, 0) is 15.3 Å². The first-order valence-corrected chi connectivity index (χ1v) is 6.76. The van der Waals surface area contributed by atoms with E-state index in [0.29, 0.717) is 19.0 Å². The fraction of sp³-hybridized carbons (Fsp3) is 0.500. The van der Waals surface area contributed by atoms with Gasteiger partial charge in [0, 0.05) is 29.0 Å². The van der Waals surface area contributed by atoms with Gasteiger partial charge in [-0.15, -0.1) is 0 Å². The Bertz CT molecular complexity index is 307. The fourth-order valence-corrected chi connectivity index (χ4v) is 2.19. The van der Waals surface area contributed by atoms with Crippen molar-refractivity contribution in [3.63, 3.8) is 0 Å². The molecule has 2 nitrogen and oxygen atoms in total. The fourth-order valence-electron chi connectivity index (χ4n) is 1.56. The second-order valence-electron chi connectivity index (χ2n) is 3.28. The molecule has 0 atom stereocenters. The van der Waals surface area contributed by atoms with Crippen molar-refractivity contribution in [2.24, 2.45) is 0 Å². The van der Waals surface area contributed by atoms with Crippen LogP contribution in [0.15, 0.2) is 28.7 Å². The van der Waals surface area contributed by atoms with E-state index in [0.717, 1.165) is 10.0 Å². The normalized spacial score (nSPS) is 11.8. The molecule has 0 aliphatic rings. The third kappa shape index (κ3) is 3.23. The van der Waals surface area contributed by atoms with E-state index in [1.54, 1.807) is 0 Å². The SMILES string of the molecule is CCOC(CS)(OCC)c1ccc(Br)cc1. The molecule has 0 aliphatic heterocycles. The molecule has 4 heteroatoms. The molecule has 1 aromatic carbocycles. The molecule has 0 radical (unpaired) electrons. The second-order valence-corrected chi connectivity index (χ2v) is 4.52. The lowest BCUT2D eigenvalue weighted by Crippen LogP contribution is -2.35. The highest BCUT2D eigenvalue weighted by molar-refractivity contribution is 9.10. The van der Waals surface area contributed by atoms with Gasteiger partial charge in [0.05, 0.1) is 0 Å². The molecular formula is C12H17BrO2S. The van der Waals surface area contributed by atoms with Crippen LogP contribution in [0, 0.1) is 0 Å². The quantitative estimate of drug-likeness (QED) is 0.639. The number of ether oxygens (including phenoxy) is 2. The third-order valence-electron chi connectivity index (χ3n) is 2.25. The van der Waals surface area contributed by atoms with E-state index in [2.05, 4.69) is 28.6 Å². The molecule has 0 aromatic heterocycles. The van der Waals surface area contributed by atoms with Gasteiger partial charge in [0.2, 0.25) is 5.79 Å². The van der Waals surface area contributed by atoms with Crippen molar-refractivity contribution < 1.29 is 9.47 Å². The molecule has 16 heavy (non-hydrogen) atoms. The van der Waals surface area contributed by atoms with Crippen molar-refractivity contribution in [1.29, 1.82) is 0 Å². The Hall–Kier alpha value is -0.0300. The van der Waals surface area contributed by atoms with Crippen LogP contribution in [0.1, 0.15) is 19.4 Å². The van der Waals surface area contributed by atoms with E-state index in [-0.39, 0.29) is 0 Å². The summed E-state index contributed by atoms with van der Waals surface area (Å²) in [6, 6.07) is 7.94. The van der Waals surface area contributed by atoms with Crippen molar-refractivity contribution in [1.82, 2.24) is 0 Å². The van der Waals surface area contributed by atoms with E-state index in [4.69, 9.17) is 9.47 Å². The van der Waals surface area contributed by atoms with Crippen LogP contribution in [0.25, 0.3) is 0 Å². The Morgan fingerprint density at radius 2 is 1.62 bits per heavy atom. The highest BCUT2D eigenvalue weighted by Gasteiger charge is 2.32. The Kier molecular flexibility index (Phi) is 5.83. The van der Waals surface area contributed by atoms with Crippen molar-refractivity contribution in [3.8, 4) is 0 Å². The molecule has 0 bridgehead atoms. The minimum atomic E-state index is -0.729.